The Morgan fingerprint density at radius 2 is 2.29 bits per heavy atom. The molecular weight excluding hydrogens is 305 g/mol. The van der Waals surface area contributed by atoms with E-state index in [-0.39, 0.29) is 12.5 Å². The Balaban J connectivity index is 2.37. The number of benzene rings is 1. The van der Waals surface area contributed by atoms with Crippen molar-refractivity contribution in [3.8, 4) is 0 Å². The molecule has 0 spiro atoms. The smallest absolute Gasteiger partial charge is 0.325 e. The Bertz CT molecular complexity index is 385. The lowest BCUT2D eigenvalue weighted by Gasteiger charge is -2.08. The van der Waals surface area contributed by atoms with Crippen molar-refractivity contribution in [2.24, 2.45) is 0 Å². The molecule has 0 heterocycles. The lowest BCUT2D eigenvalue weighted by Crippen LogP contribution is -2.17. The number of ether oxygens (including phenoxy) is 1. The maximum atomic E-state index is 11.3. The van der Waals surface area contributed by atoms with Crippen molar-refractivity contribution in [2.45, 2.75) is 19.8 Å². The molecule has 0 aliphatic heterocycles. The molecule has 1 N–H and O–H groups in total. The van der Waals surface area contributed by atoms with Crippen molar-refractivity contribution >= 4 is 39.2 Å². The van der Waals surface area contributed by atoms with Crippen molar-refractivity contribution in [1.29, 1.82) is 0 Å². The largest absolute Gasteiger partial charge is 0.464 e. The van der Waals surface area contributed by atoms with Crippen LogP contribution in [0.15, 0.2) is 22.7 Å². The van der Waals surface area contributed by atoms with Gasteiger partial charge in [0.1, 0.15) is 6.54 Å². The first-order chi connectivity index (χ1) is 8.13. The Morgan fingerprint density at radius 3 is 2.94 bits per heavy atom. The molecule has 0 aliphatic rings. The van der Waals surface area contributed by atoms with Gasteiger partial charge in [-0.2, -0.15) is 0 Å². The second-order valence-corrected chi connectivity index (χ2v) is 4.84. The van der Waals surface area contributed by atoms with E-state index in [2.05, 4.69) is 28.2 Å². The van der Waals surface area contributed by atoms with Gasteiger partial charge in [0.25, 0.3) is 0 Å². The van der Waals surface area contributed by atoms with Crippen LogP contribution >= 0.6 is 27.5 Å². The second kappa shape index (κ2) is 7.56. The zero-order valence-electron chi connectivity index (χ0n) is 9.63. The highest BCUT2D eigenvalue weighted by atomic mass is 79.9. The SMILES string of the molecule is CCCCOC(=O)CNc1ccc(Cl)cc1Br. The van der Waals surface area contributed by atoms with E-state index in [0.29, 0.717) is 11.6 Å². The number of halogens is 2. The summed E-state index contributed by atoms with van der Waals surface area (Å²) in [6, 6.07) is 5.34. The summed E-state index contributed by atoms with van der Waals surface area (Å²) in [5.41, 5.74) is 0.821. The second-order valence-electron chi connectivity index (χ2n) is 3.55. The van der Waals surface area contributed by atoms with E-state index in [1.807, 2.05) is 6.07 Å². The molecule has 0 aromatic heterocycles. The van der Waals surface area contributed by atoms with Gasteiger partial charge in [-0.15, -0.1) is 0 Å². The standard InChI is InChI=1S/C12H15BrClNO2/c1-2-3-6-17-12(16)8-15-11-5-4-9(14)7-10(11)13/h4-5,7,15H,2-3,6,8H2,1H3. The van der Waals surface area contributed by atoms with Gasteiger partial charge in [-0.3, -0.25) is 4.79 Å². The molecule has 0 atom stereocenters. The summed E-state index contributed by atoms with van der Waals surface area (Å²) < 4.78 is 5.85. The third kappa shape index (κ3) is 5.41. The third-order valence-corrected chi connectivity index (χ3v) is 3.01. The van der Waals surface area contributed by atoms with E-state index in [0.717, 1.165) is 23.0 Å². The van der Waals surface area contributed by atoms with Crippen LogP contribution in [0.4, 0.5) is 5.69 Å². The first-order valence-corrected chi connectivity index (χ1v) is 6.65. The average Bonchev–Trinajstić information content (AvgIpc) is 2.28. The molecule has 0 fully saturated rings. The maximum absolute atomic E-state index is 11.3. The molecule has 5 heteroatoms. The maximum Gasteiger partial charge on any atom is 0.325 e. The highest BCUT2D eigenvalue weighted by Crippen LogP contribution is 2.25. The molecule has 1 aromatic rings. The van der Waals surface area contributed by atoms with Gasteiger partial charge in [0.15, 0.2) is 0 Å². The molecule has 0 unspecified atom stereocenters. The number of carbonyl (C=O) groups excluding carboxylic acids is 1. The van der Waals surface area contributed by atoms with E-state index in [1.54, 1.807) is 12.1 Å². The third-order valence-electron chi connectivity index (χ3n) is 2.12. The molecule has 0 amide bonds. The molecule has 1 aromatic carbocycles. The predicted octanol–water partition coefficient (Wildman–Crippen LogP) is 3.86. The number of carbonyl (C=O) groups is 1. The fraction of sp³-hybridized carbons (Fsp3) is 0.417. The molecule has 0 radical (unpaired) electrons. The van der Waals surface area contributed by atoms with Gasteiger partial charge < -0.3 is 10.1 Å². The highest BCUT2D eigenvalue weighted by molar-refractivity contribution is 9.10. The first kappa shape index (κ1) is 14.3. The van der Waals surface area contributed by atoms with Gasteiger partial charge in [0.05, 0.1) is 6.61 Å². The van der Waals surface area contributed by atoms with Crippen LogP contribution < -0.4 is 5.32 Å². The van der Waals surface area contributed by atoms with E-state index in [9.17, 15) is 4.79 Å². The van der Waals surface area contributed by atoms with E-state index < -0.39 is 0 Å². The number of hydrogen-bond acceptors (Lipinski definition) is 3. The summed E-state index contributed by atoms with van der Waals surface area (Å²) in [5, 5.41) is 3.63. The van der Waals surface area contributed by atoms with Gasteiger partial charge >= 0.3 is 5.97 Å². The normalized spacial score (nSPS) is 10.1. The summed E-state index contributed by atoms with van der Waals surface area (Å²) in [4.78, 5) is 11.3. The molecule has 17 heavy (non-hydrogen) atoms. The average molecular weight is 321 g/mol. The van der Waals surface area contributed by atoms with E-state index in [1.165, 1.54) is 0 Å². The van der Waals surface area contributed by atoms with Crippen LogP contribution in [0.1, 0.15) is 19.8 Å². The van der Waals surface area contributed by atoms with Crippen molar-refractivity contribution < 1.29 is 9.53 Å². The van der Waals surface area contributed by atoms with Gasteiger partial charge in [0.2, 0.25) is 0 Å². The Hall–Kier alpha value is -0.740. The lowest BCUT2D eigenvalue weighted by atomic mass is 10.3. The molecule has 0 bridgehead atoms. The van der Waals surface area contributed by atoms with Crippen LogP contribution in [0.5, 0.6) is 0 Å². The summed E-state index contributed by atoms with van der Waals surface area (Å²) >= 11 is 9.18. The summed E-state index contributed by atoms with van der Waals surface area (Å²) in [7, 11) is 0. The molecule has 0 saturated carbocycles. The highest BCUT2D eigenvalue weighted by Gasteiger charge is 2.04. The number of nitrogens with one attached hydrogen (secondary N) is 1. The Morgan fingerprint density at radius 1 is 1.53 bits per heavy atom. The zero-order chi connectivity index (χ0) is 12.7. The molecule has 1 rings (SSSR count). The quantitative estimate of drug-likeness (QED) is 0.639. The summed E-state index contributed by atoms with van der Waals surface area (Å²) in [5.74, 6) is -0.250. The minimum Gasteiger partial charge on any atom is -0.464 e. The van der Waals surface area contributed by atoms with Crippen LogP contribution in [-0.4, -0.2) is 19.1 Å². The molecular formula is C12H15BrClNO2. The topological polar surface area (TPSA) is 38.3 Å². The Labute approximate surface area is 115 Å². The van der Waals surface area contributed by atoms with Crippen LogP contribution in [0, 0.1) is 0 Å². The summed E-state index contributed by atoms with van der Waals surface area (Å²) in [6.07, 6.45) is 1.92. The van der Waals surface area contributed by atoms with E-state index in [4.69, 9.17) is 16.3 Å². The zero-order valence-corrected chi connectivity index (χ0v) is 12.0. The minimum absolute atomic E-state index is 0.157. The number of esters is 1. The fourth-order valence-electron chi connectivity index (χ4n) is 1.18. The van der Waals surface area contributed by atoms with Crippen LogP contribution in [-0.2, 0) is 9.53 Å². The Kier molecular flexibility index (Phi) is 6.37. The van der Waals surface area contributed by atoms with Crippen LogP contribution in [0.3, 0.4) is 0 Å². The monoisotopic (exact) mass is 319 g/mol. The lowest BCUT2D eigenvalue weighted by molar-refractivity contribution is -0.141. The number of unbranched alkanes of at least 4 members (excludes halogenated alkanes) is 1. The van der Waals surface area contributed by atoms with Crippen molar-refractivity contribution in [3.63, 3.8) is 0 Å². The van der Waals surface area contributed by atoms with Crippen molar-refractivity contribution in [3.05, 3.63) is 27.7 Å². The van der Waals surface area contributed by atoms with Gasteiger partial charge in [-0.25, -0.2) is 0 Å². The molecule has 94 valence electrons. The number of hydrogen-bond donors (Lipinski definition) is 1. The molecule has 3 nitrogen and oxygen atoms in total. The van der Waals surface area contributed by atoms with Crippen molar-refractivity contribution in [2.75, 3.05) is 18.5 Å². The number of anilines is 1. The fourth-order valence-corrected chi connectivity index (χ4v) is 2.00. The first-order valence-electron chi connectivity index (χ1n) is 5.48. The minimum atomic E-state index is -0.250. The van der Waals surface area contributed by atoms with Gasteiger partial charge in [0, 0.05) is 15.2 Å². The van der Waals surface area contributed by atoms with E-state index >= 15 is 0 Å². The summed E-state index contributed by atoms with van der Waals surface area (Å²) in [6.45, 7) is 2.69. The number of rotatable bonds is 6. The van der Waals surface area contributed by atoms with Crippen LogP contribution in [0.2, 0.25) is 5.02 Å². The predicted molar refractivity (Wildman–Crippen MR) is 73.5 cm³/mol. The van der Waals surface area contributed by atoms with Crippen LogP contribution in [0.25, 0.3) is 0 Å². The molecule has 0 aliphatic carbocycles. The van der Waals surface area contributed by atoms with Crippen molar-refractivity contribution in [1.82, 2.24) is 0 Å². The van der Waals surface area contributed by atoms with Gasteiger partial charge in [-0.1, -0.05) is 24.9 Å². The van der Waals surface area contributed by atoms with Gasteiger partial charge in [-0.05, 0) is 40.5 Å². The molecule has 0 saturated heterocycles.